The zero-order valence-corrected chi connectivity index (χ0v) is 12.8. The van der Waals surface area contributed by atoms with Crippen LogP contribution in [0.15, 0.2) is 36.4 Å². The second kappa shape index (κ2) is 4.45. The molecule has 1 aromatic carbocycles. The first-order chi connectivity index (χ1) is 10.6. The van der Waals surface area contributed by atoms with Crippen LogP contribution in [0, 0.1) is 23.2 Å². The Labute approximate surface area is 129 Å². The third-order valence-electron chi connectivity index (χ3n) is 5.52. The van der Waals surface area contributed by atoms with Gasteiger partial charge in [-0.05, 0) is 56.4 Å². The number of allylic oxidation sites excluding steroid dienone is 2. The van der Waals surface area contributed by atoms with E-state index in [0.29, 0.717) is 12.3 Å². The molecule has 4 heteroatoms. The smallest absolute Gasteiger partial charge is 0.241 e. The van der Waals surface area contributed by atoms with Gasteiger partial charge in [-0.15, -0.1) is 0 Å². The molecule has 1 heterocycles. The quantitative estimate of drug-likeness (QED) is 0.636. The molecule has 4 rings (SSSR count). The summed E-state index contributed by atoms with van der Waals surface area (Å²) in [5, 5.41) is 0. The van der Waals surface area contributed by atoms with Crippen molar-refractivity contribution in [2.45, 2.75) is 20.3 Å². The second-order valence-corrected chi connectivity index (χ2v) is 6.56. The molecule has 2 bridgehead atoms. The van der Waals surface area contributed by atoms with E-state index in [4.69, 9.17) is 4.74 Å². The highest BCUT2D eigenvalue weighted by Gasteiger charge is 2.67. The fourth-order valence-electron chi connectivity index (χ4n) is 4.41. The summed E-state index contributed by atoms with van der Waals surface area (Å²) in [6.45, 7) is 4.48. The Bertz CT molecular complexity index is 678. The van der Waals surface area contributed by atoms with Crippen LogP contribution in [0.1, 0.15) is 20.3 Å². The van der Waals surface area contributed by atoms with Crippen molar-refractivity contribution in [3.05, 3.63) is 36.4 Å². The number of ether oxygens (including phenoxy) is 1. The van der Waals surface area contributed by atoms with Crippen molar-refractivity contribution < 1.29 is 14.3 Å². The standard InChI is InChI=1S/C18H19NO3/c1-3-22-14-8-6-13(7-9-14)19-16(20)15-11-4-5-12(10-11)18(15,2)17(19)21/h4-9,11-12,15H,3,10H2,1-2H3/t11-,12-,15+,18+/m0/s1. The first-order valence-corrected chi connectivity index (χ1v) is 7.87. The predicted molar refractivity (Wildman–Crippen MR) is 82.4 cm³/mol. The molecule has 2 aliphatic carbocycles. The van der Waals surface area contributed by atoms with E-state index in [-0.39, 0.29) is 29.6 Å². The number of carbonyl (C=O) groups is 2. The lowest BCUT2D eigenvalue weighted by Gasteiger charge is -2.28. The van der Waals surface area contributed by atoms with Gasteiger partial charge in [0.25, 0.3) is 0 Å². The summed E-state index contributed by atoms with van der Waals surface area (Å²) in [5.41, 5.74) is 0.0863. The van der Waals surface area contributed by atoms with Crippen molar-refractivity contribution in [3.8, 4) is 5.75 Å². The second-order valence-electron chi connectivity index (χ2n) is 6.56. The van der Waals surface area contributed by atoms with Crippen LogP contribution in [0.4, 0.5) is 5.69 Å². The van der Waals surface area contributed by atoms with E-state index < -0.39 is 5.41 Å². The van der Waals surface area contributed by atoms with E-state index in [0.717, 1.165) is 12.2 Å². The molecule has 0 aromatic heterocycles. The molecule has 3 aliphatic rings. The number of imide groups is 1. The molecule has 1 aromatic rings. The summed E-state index contributed by atoms with van der Waals surface area (Å²) < 4.78 is 5.42. The third-order valence-corrected chi connectivity index (χ3v) is 5.52. The SMILES string of the molecule is CCOc1ccc(N2C(=O)[C@H]3[C@H]4C=C[C@@H](C4)[C@@]3(C)C2=O)cc1. The number of anilines is 1. The van der Waals surface area contributed by atoms with E-state index in [1.165, 1.54) is 4.90 Å². The van der Waals surface area contributed by atoms with Gasteiger partial charge in [-0.3, -0.25) is 9.59 Å². The van der Waals surface area contributed by atoms with Crippen LogP contribution in [0.25, 0.3) is 0 Å². The van der Waals surface area contributed by atoms with Gasteiger partial charge in [0.05, 0.1) is 23.6 Å². The average molecular weight is 297 g/mol. The minimum Gasteiger partial charge on any atom is -0.494 e. The Kier molecular flexibility index (Phi) is 2.74. The summed E-state index contributed by atoms with van der Waals surface area (Å²) in [6.07, 6.45) is 5.17. The molecule has 0 unspecified atom stereocenters. The number of carbonyl (C=O) groups excluding carboxylic acids is 2. The lowest BCUT2D eigenvalue weighted by Crippen LogP contribution is -2.37. The highest BCUT2D eigenvalue weighted by Crippen LogP contribution is 2.60. The molecule has 2 amide bonds. The Morgan fingerprint density at radius 3 is 2.59 bits per heavy atom. The third kappa shape index (κ3) is 1.52. The Hall–Kier alpha value is -2.10. The van der Waals surface area contributed by atoms with Crippen LogP contribution in [0.3, 0.4) is 0 Å². The molecule has 0 spiro atoms. The van der Waals surface area contributed by atoms with E-state index >= 15 is 0 Å². The van der Waals surface area contributed by atoms with Gasteiger partial charge in [-0.1, -0.05) is 12.2 Å². The zero-order valence-electron chi connectivity index (χ0n) is 12.8. The molecule has 22 heavy (non-hydrogen) atoms. The zero-order chi connectivity index (χ0) is 15.5. The van der Waals surface area contributed by atoms with Crippen molar-refractivity contribution in [2.75, 3.05) is 11.5 Å². The molecule has 1 aliphatic heterocycles. The van der Waals surface area contributed by atoms with Gasteiger partial charge >= 0.3 is 0 Å². The fraction of sp³-hybridized carbons (Fsp3) is 0.444. The maximum absolute atomic E-state index is 13.0. The number of amides is 2. The van der Waals surface area contributed by atoms with E-state index in [2.05, 4.69) is 12.2 Å². The maximum Gasteiger partial charge on any atom is 0.241 e. The molecular formula is C18H19NO3. The topological polar surface area (TPSA) is 46.6 Å². The Balaban J connectivity index is 1.70. The minimum atomic E-state index is -0.560. The largest absolute Gasteiger partial charge is 0.494 e. The summed E-state index contributed by atoms with van der Waals surface area (Å²) >= 11 is 0. The van der Waals surface area contributed by atoms with Gasteiger partial charge in [0.1, 0.15) is 5.75 Å². The number of nitrogens with zero attached hydrogens (tertiary/aromatic N) is 1. The van der Waals surface area contributed by atoms with Crippen LogP contribution in [-0.2, 0) is 9.59 Å². The van der Waals surface area contributed by atoms with Crippen LogP contribution >= 0.6 is 0 Å². The highest BCUT2D eigenvalue weighted by atomic mass is 16.5. The van der Waals surface area contributed by atoms with Crippen LogP contribution in [-0.4, -0.2) is 18.4 Å². The van der Waals surface area contributed by atoms with Gasteiger partial charge in [0.15, 0.2) is 0 Å². The lowest BCUT2D eigenvalue weighted by atomic mass is 9.71. The molecule has 4 atom stereocenters. The van der Waals surface area contributed by atoms with Crippen LogP contribution in [0.2, 0.25) is 0 Å². The molecule has 2 fully saturated rings. The molecule has 1 saturated carbocycles. The number of hydrogen-bond acceptors (Lipinski definition) is 3. The van der Waals surface area contributed by atoms with E-state index in [1.54, 1.807) is 12.1 Å². The van der Waals surface area contributed by atoms with E-state index in [9.17, 15) is 9.59 Å². The lowest BCUT2D eigenvalue weighted by molar-refractivity contribution is -0.127. The predicted octanol–water partition coefficient (Wildman–Crippen LogP) is 2.79. The van der Waals surface area contributed by atoms with Gasteiger partial charge < -0.3 is 4.74 Å². The summed E-state index contributed by atoms with van der Waals surface area (Å²) in [5.74, 6) is 0.878. The van der Waals surface area contributed by atoms with Crippen molar-refractivity contribution in [3.63, 3.8) is 0 Å². The summed E-state index contributed by atoms with van der Waals surface area (Å²) in [6, 6.07) is 7.20. The van der Waals surface area contributed by atoms with Crippen LogP contribution < -0.4 is 9.64 Å². The molecule has 0 N–H and O–H groups in total. The molecule has 114 valence electrons. The highest BCUT2D eigenvalue weighted by molar-refractivity contribution is 6.24. The van der Waals surface area contributed by atoms with Gasteiger partial charge in [-0.2, -0.15) is 0 Å². The van der Waals surface area contributed by atoms with Gasteiger partial charge in [0.2, 0.25) is 11.8 Å². The first kappa shape index (κ1) is 13.6. The van der Waals surface area contributed by atoms with Crippen LogP contribution in [0.5, 0.6) is 5.75 Å². The van der Waals surface area contributed by atoms with Crippen molar-refractivity contribution in [2.24, 2.45) is 23.2 Å². The first-order valence-electron chi connectivity index (χ1n) is 7.87. The van der Waals surface area contributed by atoms with Gasteiger partial charge in [0, 0.05) is 0 Å². The summed E-state index contributed by atoms with van der Waals surface area (Å²) in [7, 11) is 0. The number of hydrogen-bond donors (Lipinski definition) is 0. The number of benzene rings is 1. The molecule has 4 nitrogen and oxygen atoms in total. The molecular weight excluding hydrogens is 278 g/mol. The Morgan fingerprint density at radius 2 is 1.95 bits per heavy atom. The number of rotatable bonds is 3. The molecule has 1 saturated heterocycles. The van der Waals surface area contributed by atoms with Crippen molar-refractivity contribution in [1.29, 1.82) is 0 Å². The van der Waals surface area contributed by atoms with Crippen molar-refractivity contribution in [1.82, 2.24) is 0 Å². The van der Waals surface area contributed by atoms with Gasteiger partial charge in [-0.25, -0.2) is 4.90 Å². The Morgan fingerprint density at radius 1 is 1.23 bits per heavy atom. The van der Waals surface area contributed by atoms with Crippen molar-refractivity contribution >= 4 is 17.5 Å². The molecule has 0 radical (unpaired) electrons. The average Bonchev–Trinajstić information content (AvgIpc) is 3.14. The summed E-state index contributed by atoms with van der Waals surface area (Å²) in [4.78, 5) is 27.2. The maximum atomic E-state index is 13.0. The monoisotopic (exact) mass is 297 g/mol. The fourth-order valence-corrected chi connectivity index (χ4v) is 4.41. The van der Waals surface area contributed by atoms with E-state index in [1.807, 2.05) is 26.0 Å². The normalized spacial score (nSPS) is 35.4. The number of fused-ring (bicyclic) bond motifs is 5. The minimum absolute atomic E-state index is 0.0477.